The summed E-state index contributed by atoms with van der Waals surface area (Å²) in [6.45, 7) is 2.21. The van der Waals surface area contributed by atoms with Crippen molar-refractivity contribution in [2.45, 2.75) is 18.9 Å². The van der Waals surface area contributed by atoms with Crippen LogP contribution in [0.15, 0.2) is 24.3 Å². The highest BCUT2D eigenvalue weighted by Gasteiger charge is 2.48. The Balaban J connectivity index is 2.28. The van der Waals surface area contributed by atoms with Gasteiger partial charge in [-0.05, 0) is 37.6 Å². The molecule has 0 aliphatic carbocycles. The molecule has 0 saturated carbocycles. The number of nitrogens with two attached hydrogens (primary N) is 1. The molecule has 21 heavy (non-hydrogen) atoms. The molecular formula is C13H16N4O4. The number of imide groups is 1. The first kappa shape index (κ1) is 14.9. The molecule has 1 aromatic rings. The van der Waals surface area contributed by atoms with Crippen molar-refractivity contribution < 1.29 is 14.5 Å². The third kappa shape index (κ3) is 2.57. The van der Waals surface area contributed by atoms with E-state index in [4.69, 9.17) is 5.73 Å². The number of amides is 3. The average Bonchev–Trinajstić information content (AvgIpc) is 2.68. The van der Waals surface area contributed by atoms with Gasteiger partial charge in [0.2, 0.25) is 0 Å². The molecule has 1 fully saturated rings. The minimum Gasteiger partial charge on any atom is -0.330 e. The van der Waals surface area contributed by atoms with Gasteiger partial charge in [0.15, 0.2) is 0 Å². The van der Waals surface area contributed by atoms with E-state index in [1.165, 1.54) is 24.3 Å². The zero-order valence-corrected chi connectivity index (χ0v) is 11.5. The second kappa shape index (κ2) is 5.49. The van der Waals surface area contributed by atoms with Gasteiger partial charge >= 0.3 is 6.03 Å². The standard InChI is InChI=1S/C13H16N4O4/c1-13(9-3-5-10(6-4-9)17(20)21)11(18)16(8-2-7-14)12(19)15-13/h3-6H,2,7-8,14H2,1H3,(H,15,19). The number of nitrogens with one attached hydrogen (secondary N) is 1. The van der Waals surface area contributed by atoms with Crippen LogP contribution in [0.1, 0.15) is 18.9 Å². The highest BCUT2D eigenvalue weighted by molar-refractivity contribution is 6.07. The van der Waals surface area contributed by atoms with Crippen molar-refractivity contribution in [2.24, 2.45) is 5.73 Å². The van der Waals surface area contributed by atoms with Gasteiger partial charge < -0.3 is 11.1 Å². The van der Waals surface area contributed by atoms with Crippen LogP contribution in [0, 0.1) is 10.1 Å². The molecule has 0 spiro atoms. The van der Waals surface area contributed by atoms with Crippen LogP contribution in [-0.2, 0) is 10.3 Å². The van der Waals surface area contributed by atoms with Crippen LogP contribution in [0.3, 0.4) is 0 Å². The molecule has 8 nitrogen and oxygen atoms in total. The zero-order valence-electron chi connectivity index (χ0n) is 11.5. The molecule has 2 rings (SSSR count). The van der Waals surface area contributed by atoms with E-state index < -0.39 is 16.5 Å². The summed E-state index contributed by atoms with van der Waals surface area (Å²) >= 11 is 0. The number of nitro benzene ring substituents is 1. The first-order chi connectivity index (χ1) is 9.90. The summed E-state index contributed by atoms with van der Waals surface area (Å²) in [4.78, 5) is 35.6. The summed E-state index contributed by atoms with van der Waals surface area (Å²) in [6, 6.07) is 5.09. The highest BCUT2D eigenvalue weighted by atomic mass is 16.6. The number of carbonyl (C=O) groups excluding carboxylic acids is 2. The van der Waals surface area contributed by atoms with Crippen molar-refractivity contribution >= 4 is 17.6 Å². The lowest BCUT2D eigenvalue weighted by atomic mass is 9.92. The van der Waals surface area contributed by atoms with Crippen molar-refractivity contribution in [1.82, 2.24) is 10.2 Å². The maximum absolute atomic E-state index is 12.4. The van der Waals surface area contributed by atoms with Gasteiger partial charge in [0.05, 0.1) is 4.92 Å². The van der Waals surface area contributed by atoms with E-state index in [0.717, 1.165) is 4.90 Å². The smallest absolute Gasteiger partial charge is 0.325 e. The van der Waals surface area contributed by atoms with Gasteiger partial charge in [-0.25, -0.2) is 4.79 Å². The van der Waals surface area contributed by atoms with E-state index in [-0.39, 0.29) is 18.1 Å². The molecule has 1 atom stereocenters. The number of non-ortho nitro benzene ring substituents is 1. The Morgan fingerprint density at radius 2 is 1.95 bits per heavy atom. The minimum absolute atomic E-state index is 0.0703. The predicted octanol–water partition coefficient (Wildman–Crippen LogP) is 0.711. The molecule has 8 heteroatoms. The van der Waals surface area contributed by atoms with Crippen LogP contribution in [0.2, 0.25) is 0 Å². The molecule has 0 radical (unpaired) electrons. The molecule has 1 aliphatic heterocycles. The maximum Gasteiger partial charge on any atom is 0.325 e. The Labute approximate surface area is 121 Å². The second-order valence-electron chi connectivity index (χ2n) is 4.96. The molecule has 0 aromatic heterocycles. The fraction of sp³-hybridized carbons (Fsp3) is 0.385. The van der Waals surface area contributed by atoms with Crippen LogP contribution >= 0.6 is 0 Å². The van der Waals surface area contributed by atoms with Crippen molar-refractivity contribution in [3.63, 3.8) is 0 Å². The molecular weight excluding hydrogens is 276 g/mol. The lowest BCUT2D eigenvalue weighted by Crippen LogP contribution is -2.41. The van der Waals surface area contributed by atoms with Gasteiger partial charge in [-0.1, -0.05) is 0 Å². The van der Waals surface area contributed by atoms with Crippen LogP contribution in [-0.4, -0.2) is 34.9 Å². The zero-order chi connectivity index (χ0) is 15.6. The molecule has 1 heterocycles. The Hall–Kier alpha value is -2.48. The van der Waals surface area contributed by atoms with E-state index in [1.807, 2.05) is 0 Å². The van der Waals surface area contributed by atoms with E-state index in [9.17, 15) is 19.7 Å². The van der Waals surface area contributed by atoms with E-state index in [2.05, 4.69) is 5.32 Å². The number of carbonyl (C=O) groups is 2. The number of rotatable bonds is 5. The molecule has 1 aromatic carbocycles. The third-order valence-corrected chi connectivity index (χ3v) is 3.52. The number of urea groups is 1. The number of nitrogens with zero attached hydrogens (tertiary/aromatic N) is 2. The molecule has 3 amide bonds. The van der Waals surface area contributed by atoms with Crippen molar-refractivity contribution in [2.75, 3.05) is 13.1 Å². The van der Waals surface area contributed by atoms with Crippen LogP contribution in [0.4, 0.5) is 10.5 Å². The lowest BCUT2D eigenvalue weighted by Gasteiger charge is -2.22. The van der Waals surface area contributed by atoms with Crippen LogP contribution in [0.5, 0.6) is 0 Å². The van der Waals surface area contributed by atoms with Crippen LogP contribution in [0.25, 0.3) is 0 Å². The Morgan fingerprint density at radius 3 is 2.48 bits per heavy atom. The summed E-state index contributed by atoms with van der Waals surface area (Å²) in [7, 11) is 0. The fourth-order valence-corrected chi connectivity index (χ4v) is 2.26. The molecule has 3 N–H and O–H groups in total. The Bertz CT molecular complexity index is 586. The van der Waals surface area contributed by atoms with E-state index >= 15 is 0 Å². The molecule has 1 aliphatic rings. The number of hydrogen-bond acceptors (Lipinski definition) is 5. The van der Waals surface area contributed by atoms with E-state index in [1.54, 1.807) is 6.92 Å². The summed E-state index contributed by atoms with van der Waals surface area (Å²) in [5.41, 5.74) is 4.61. The van der Waals surface area contributed by atoms with Gasteiger partial charge in [-0.15, -0.1) is 0 Å². The normalized spacial score (nSPS) is 21.5. The predicted molar refractivity (Wildman–Crippen MR) is 74.4 cm³/mol. The number of benzene rings is 1. The summed E-state index contributed by atoms with van der Waals surface area (Å²) in [6.07, 6.45) is 0.523. The summed E-state index contributed by atoms with van der Waals surface area (Å²) in [5, 5.41) is 13.3. The van der Waals surface area contributed by atoms with Gasteiger partial charge in [-0.2, -0.15) is 0 Å². The number of nitro groups is 1. The average molecular weight is 292 g/mol. The Morgan fingerprint density at radius 1 is 1.33 bits per heavy atom. The molecule has 112 valence electrons. The van der Waals surface area contributed by atoms with Crippen molar-refractivity contribution in [3.05, 3.63) is 39.9 Å². The maximum atomic E-state index is 12.4. The second-order valence-corrected chi connectivity index (χ2v) is 4.96. The van der Waals surface area contributed by atoms with Gasteiger partial charge in [0.1, 0.15) is 5.54 Å². The van der Waals surface area contributed by atoms with Crippen molar-refractivity contribution in [3.8, 4) is 0 Å². The first-order valence-electron chi connectivity index (χ1n) is 6.49. The Kier molecular flexibility index (Phi) is 3.90. The van der Waals surface area contributed by atoms with Crippen LogP contribution < -0.4 is 11.1 Å². The first-order valence-corrected chi connectivity index (χ1v) is 6.49. The summed E-state index contributed by atoms with van der Waals surface area (Å²) in [5.74, 6) is -0.380. The monoisotopic (exact) mass is 292 g/mol. The van der Waals surface area contributed by atoms with Gasteiger partial charge in [-0.3, -0.25) is 19.8 Å². The number of hydrogen-bond donors (Lipinski definition) is 2. The quantitative estimate of drug-likeness (QED) is 0.470. The molecule has 1 saturated heterocycles. The lowest BCUT2D eigenvalue weighted by molar-refractivity contribution is -0.384. The highest BCUT2D eigenvalue weighted by Crippen LogP contribution is 2.29. The van der Waals surface area contributed by atoms with Crippen molar-refractivity contribution in [1.29, 1.82) is 0 Å². The molecule has 0 bridgehead atoms. The summed E-state index contributed by atoms with van der Waals surface area (Å²) < 4.78 is 0. The fourth-order valence-electron chi connectivity index (χ4n) is 2.26. The largest absolute Gasteiger partial charge is 0.330 e. The topological polar surface area (TPSA) is 119 Å². The van der Waals surface area contributed by atoms with Gasteiger partial charge in [0, 0.05) is 18.7 Å². The third-order valence-electron chi connectivity index (χ3n) is 3.52. The molecule has 1 unspecified atom stereocenters. The van der Waals surface area contributed by atoms with Gasteiger partial charge in [0.25, 0.3) is 11.6 Å². The SMILES string of the molecule is CC1(c2ccc([N+](=O)[O-])cc2)NC(=O)N(CCCN)C1=O. The minimum atomic E-state index is -1.21. The van der Waals surface area contributed by atoms with E-state index in [0.29, 0.717) is 18.5 Å².